The molecule has 8 heteroatoms. The van der Waals surface area contributed by atoms with Crippen molar-refractivity contribution in [2.24, 2.45) is 0 Å². The lowest BCUT2D eigenvalue weighted by molar-refractivity contribution is -0.386. The van der Waals surface area contributed by atoms with E-state index in [4.69, 9.17) is 9.47 Å². The molecule has 2 aliphatic rings. The van der Waals surface area contributed by atoms with Gasteiger partial charge in [-0.25, -0.2) is 0 Å². The highest BCUT2D eigenvalue weighted by Crippen LogP contribution is 2.32. The Hall–Kier alpha value is -2.87. The molecule has 1 saturated heterocycles. The van der Waals surface area contributed by atoms with Crippen molar-refractivity contribution in [3.63, 3.8) is 0 Å². The third-order valence-corrected chi connectivity index (χ3v) is 5.06. The molecular weight excluding hydrogens is 365 g/mol. The maximum Gasteiger partial charge on any atom is 0.327 e. The predicted octanol–water partition coefficient (Wildman–Crippen LogP) is 3.45. The first kappa shape index (κ1) is 18.5. The van der Waals surface area contributed by atoms with Crippen molar-refractivity contribution >= 4 is 11.4 Å². The van der Waals surface area contributed by atoms with E-state index in [1.165, 1.54) is 6.07 Å². The van der Waals surface area contributed by atoms with Crippen LogP contribution in [0.1, 0.15) is 12.8 Å². The molecule has 1 N–H and O–H groups in total. The van der Waals surface area contributed by atoms with Crippen LogP contribution in [-0.4, -0.2) is 48.2 Å². The number of halogens is 1. The maximum atomic E-state index is 13.8. The number of fused-ring (bicyclic) bond motifs is 1. The van der Waals surface area contributed by atoms with Crippen LogP contribution in [0.25, 0.3) is 0 Å². The molecule has 0 radical (unpaired) electrons. The number of benzene rings is 2. The molecule has 0 saturated carbocycles. The molecule has 0 aromatic heterocycles. The Morgan fingerprint density at radius 1 is 1.21 bits per heavy atom. The average Bonchev–Trinajstić information content (AvgIpc) is 2.68. The summed E-state index contributed by atoms with van der Waals surface area (Å²) >= 11 is 0. The summed E-state index contributed by atoms with van der Waals surface area (Å²) in [6.07, 6.45) is 1.75. The van der Waals surface area contributed by atoms with Crippen LogP contribution < -0.4 is 14.8 Å². The van der Waals surface area contributed by atoms with Gasteiger partial charge in [0.05, 0.1) is 4.92 Å². The van der Waals surface area contributed by atoms with Crippen molar-refractivity contribution < 1.29 is 18.8 Å². The van der Waals surface area contributed by atoms with Crippen molar-refractivity contribution in [1.82, 2.24) is 4.90 Å². The number of anilines is 1. The number of nitrogens with zero attached hydrogens (tertiary/aromatic N) is 2. The summed E-state index contributed by atoms with van der Waals surface area (Å²) in [5.41, 5.74) is -0.275. The number of rotatable bonds is 5. The molecule has 2 aliphatic heterocycles. The average molecular weight is 387 g/mol. The van der Waals surface area contributed by atoms with Gasteiger partial charge in [-0.3, -0.25) is 15.0 Å². The molecular formula is C20H22FN3O4. The lowest BCUT2D eigenvalue weighted by Gasteiger charge is -2.36. The predicted molar refractivity (Wildman–Crippen MR) is 102 cm³/mol. The zero-order valence-corrected chi connectivity index (χ0v) is 15.3. The molecule has 2 aromatic rings. The number of hydrogen-bond donors (Lipinski definition) is 1. The number of para-hydroxylation sites is 3. The first-order valence-electron chi connectivity index (χ1n) is 9.40. The summed E-state index contributed by atoms with van der Waals surface area (Å²) < 4.78 is 25.6. The van der Waals surface area contributed by atoms with Crippen LogP contribution in [-0.2, 0) is 0 Å². The molecule has 2 atom stereocenters. The van der Waals surface area contributed by atoms with E-state index in [-0.39, 0.29) is 17.8 Å². The van der Waals surface area contributed by atoms with Gasteiger partial charge in [-0.05, 0) is 43.7 Å². The van der Waals surface area contributed by atoms with Crippen molar-refractivity contribution in [2.75, 3.05) is 31.6 Å². The van der Waals surface area contributed by atoms with Gasteiger partial charge in [0.25, 0.3) is 0 Å². The van der Waals surface area contributed by atoms with Crippen LogP contribution in [0.3, 0.4) is 0 Å². The van der Waals surface area contributed by atoms with Gasteiger partial charge in [-0.1, -0.05) is 18.2 Å². The van der Waals surface area contributed by atoms with Gasteiger partial charge >= 0.3 is 5.69 Å². The van der Waals surface area contributed by atoms with E-state index in [0.717, 1.165) is 37.0 Å². The molecule has 0 bridgehead atoms. The third kappa shape index (κ3) is 4.01. The van der Waals surface area contributed by atoms with Crippen LogP contribution in [0.5, 0.6) is 11.5 Å². The SMILES string of the molecule is O=[N+]([O-])c1c(F)cccc1N[C@H]1CCCN(C[C@H]2COc3ccccc3O2)C1. The van der Waals surface area contributed by atoms with Crippen molar-refractivity contribution in [2.45, 2.75) is 25.0 Å². The molecule has 0 aliphatic carbocycles. The molecule has 148 valence electrons. The normalized spacial score (nSPS) is 21.9. The topological polar surface area (TPSA) is 76.9 Å². The van der Waals surface area contributed by atoms with Crippen LogP contribution in [0, 0.1) is 15.9 Å². The first-order valence-corrected chi connectivity index (χ1v) is 9.40. The number of ether oxygens (including phenoxy) is 2. The fourth-order valence-electron chi connectivity index (χ4n) is 3.82. The van der Waals surface area contributed by atoms with Gasteiger partial charge in [0.15, 0.2) is 11.5 Å². The highest BCUT2D eigenvalue weighted by atomic mass is 19.1. The minimum Gasteiger partial charge on any atom is -0.486 e. The Morgan fingerprint density at radius 2 is 2.04 bits per heavy atom. The number of likely N-dealkylation sites (tertiary alicyclic amines) is 1. The molecule has 28 heavy (non-hydrogen) atoms. The van der Waals surface area contributed by atoms with Gasteiger partial charge in [0.1, 0.15) is 18.4 Å². The lowest BCUT2D eigenvalue weighted by atomic mass is 10.0. The highest BCUT2D eigenvalue weighted by Gasteiger charge is 2.28. The van der Waals surface area contributed by atoms with Gasteiger partial charge in [-0.2, -0.15) is 4.39 Å². The van der Waals surface area contributed by atoms with E-state index in [9.17, 15) is 14.5 Å². The fraction of sp³-hybridized carbons (Fsp3) is 0.400. The summed E-state index contributed by atoms with van der Waals surface area (Å²) in [7, 11) is 0. The van der Waals surface area contributed by atoms with E-state index >= 15 is 0 Å². The number of piperidine rings is 1. The van der Waals surface area contributed by atoms with Crippen LogP contribution in [0.4, 0.5) is 15.8 Å². The summed E-state index contributed by atoms with van der Waals surface area (Å²) in [6, 6.07) is 11.8. The molecule has 0 unspecified atom stereocenters. The zero-order chi connectivity index (χ0) is 19.5. The molecule has 2 aromatic carbocycles. The highest BCUT2D eigenvalue weighted by molar-refractivity contribution is 5.62. The molecule has 0 spiro atoms. The summed E-state index contributed by atoms with van der Waals surface area (Å²) in [5, 5.41) is 14.4. The molecule has 7 nitrogen and oxygen atoms in total. The van der Waals surface area contributed by atoms with Crippen LogP contribution >= 0.6 is 0 Å². The number of nitro groups is 1. The Labute approximate surface area is 162 Å². The monoisotopic (exact) mass is 387 g/mol. The summed E-state index contributed by atoms with van der Waals surface area (Å²) in [6.45, 7) is 2.82. The molecule has 1 fully saturated rings. The Balaban J connectivity index is 1.38. The van der Waals surface area contributed by atoms with Crippen molar-refractivity contribution in [3.05, 3.63) is 58.4 Å². The fourth-order valence-corrected chi connectivity index (χ4v) is 3.82. The molecule has 0 amide bonds. The molecule has 2 heterocycles. The number of nitrogens with one attached hydrogen (secondary N) is 1. The van der Waals surface area contributed by atoms with E-state index in [0.29, 0.717) is 19.7 Å². The minimum absolute atomic E-state index is 0.00560. The summed E-state index contributed by atoms with van der Waals surface area (Å²) in [5.74, 6) is 0.685. The third-order valence-electron chi connectivity index (χ3n) is 5.06. The largest absolute Gasteiger partial charge is 0.486 e. The Morgan fingerprint density at radius 3 is 2.86 bits per heavy atom. The second-order valence-corrected chi connectivity index (χ2v) is 7.13. The maximum absolute atomic E-state index is 13.8. The Kier molecular flexibility index (Phi) is 5.29. The zero-order valence-electron chi connectivity index (χ0n) is 15.3. The van der Waals surface area contributed by atoms with Gasteiger partial charge in [0, 0.05) is 19.1 Å². The lowest BCUT2D eigenvalue weighted by Crippen LogP contribution is -2.48. The summed E-state index contributed by atoms with van der Waals surface area (Å²) in [4.78, 5) is 12.8. The second-order valence-electron chi connectivity index (χ2n) is 7.13. The van der Waals surface area contributed by atoms with Gasteiger partial charge in [-0.15, -0.1) is 0 Å². The quantitative estimate of drug-likeness (QED) is 0.626. The van der Waals surface area contributed by atoms with E-state index < -0.39 is 16.4 Å². The van der Waals surface area contributed by atoms with Gasteiger partial charge < -0.3 is 14.8 Å². The number of nitro benzene ring substituents is 1. The smallest absolute Gasteiger partial charge is 0.327 e. The standard InChI is InChI=1S/C20H22FN3O4/c21-16-6-3-7-17(20(16)24(25)26)22-14-5-4-10-23(11-14)12-15-13-27-18-8-1-2-9-19(18)28-15/h1-3,6-9,14-15,22H,4-5,10-13H2/t14-,15-/m0/s1. The van der Waals surface area contributed by atoms with Gasteiger partial charge in [0.2, 0.25) is 5.82 Å². The van der Waals surface area contributed by atoms with Crippen LogP contribution in [0.2, 0.25) is 0 Å². The van der Waals surface area contributed by atoms with E-state index in [1.54, 1.807) is 6.07 Å². The molecule has 4 rings (SSSR count). The van der Waals surface area contributed by atoms with Crippen molar-refractivity contribution in [1.29, 1.82) is 0 Å². The van der Waals surface area contributed by atoms with Crippen LogP contribution in [0.15, 0.2) is 42.5 Å². The first-order chi connectivity index (χ1) is 13.6. The number of hydrogen-bond acceptors (Lipinski definition) is 6. The Bertz CT molecular complexity index is 863. The second kappa shape index (κ2) is 8.02. The van der Waals surface area contributed by atoms with Crippen molar-refractivity contribution in [3.8, 4) is 11.5 Å². The van der Waals surface area contributed by atoms with E-state index in [1.807, 2.05) is 24.3 Å². The minimum atomic E-state index is -0.825. The van der Waals surface area contributed by atoms with E-state index in [2.05, 4.69) is 10.2 Å².